The topological polar surface area (TPSA) is 63.6 Å². The second-order valence-corrected chi connectivity index (χ2v) is 7.03. The predicted octanol–water partition coefficient (Wildman–Crippen LogP) is 3.20. The van der Waals surface area contributed by atoms with E-state index in [-0.39, 0.29) is 5.92 Å². The van der Waals surface area contributed by atoms with E-state index in [9.17, 15) is 26.6 Å². The third-order valence-corrected chi connectivity index (χ3v) is 5.30. The molecule has 2 rings (SSSR count). The predicted molar refractivity (Wildman–Crippen MR) is 69.8 cm³/mol. The second-order valence-electron chi connectivity index (χ2n) is 6.02. The number of ether oxygens (including phenoxy) is 1. The fourth-order valence-corrected chi connectivity index (χ4v) is 3.74. The van der Waals surface area contributed by atoms with Crippen LogP contribution in [0.4, 0.5) is 17.6 Å². The Labute approximate surface area is 127 Å². The average molecular weight is 346 g/mol. The largest absolute Gasteiger partial charge is 0.465 e. The van der Waals surface area contributed by atoms with Gasteiger partial charge in [0.2, 0.25) is 11.1 Å². The molecule has 2 aliphatic rings. The molecule has 0 aromatic heterocycles. The van der Waals surface area contributed by atoms with Crippen LogP contribution in [0.25, 0.3) is 0 Å². The summed E-state index contributed by atoms with van der Waals surface area (Å²) >= 11 is -3.95. The summed E-state index contributed by atoms with van der Waals surface area (Å²) in [7, 11) is 0. The van der Waals surface area contributed by atoms with E-state index in [1.807, 2.05) is 0 Å². The van der Waals surface area contributed by atoms with Gasteiger partial charge in [-0.25, -0.2) is 4.21 Å². The normalized spacial score (nSPS) is 29.6. The van der Waals surface area contributed by atoms with Crippen molar-refractivity contribution in [2.45, 2.75) is 49.7 Å². The summed E-state index contributed by atoms with van der Waals surface area (Å²) in [6.07, 6.45) is 2.00. The highest BCUT2D eigenvalue weighted by molar-refractivity contribution is 7.80. The first-order chi connectivity index (χ1) is 10.1. The molecule has 0 aliphatic heterocycles. The Morgan fingerprint density at radius 3 is 2.41 bits per heavy atom. The average Bonchev–Trinajstić information content (AvgIpc) is 3.05. The Bertz CT molecular complexity index is 457. The fourth-order valence-electron chi connectivity index (χ4n) is 3.38. The lowest BCUT2D eigenvalue weighted by atomic mass is 9.89. The molecule has 128 valence electrons. The molecule has 2 saturated carbocycles. The van der Waals surface area contributed by atoms with E-state index in [4.69, 9.17) is 9.29 Å². The van der Waals surface area contributed by atoms with Crippen molar-refractivity contribution in [1.29, 1.82) is 0 Å². The van der Waals surface area contributed by atoms with Crippen molar-refractivity contribution in [1.82, 2.24) is 0 Å². The van der Waals surface area contributed by atoms with Crippen LogP contribution in [0.5, 0.6) is 0 Å². The van der Waals surface area contributed by atoms with E-state index >= 15 is 0 Å². The van der Waals surface area contributed by atoms with Crippen LogP contribution in [-0.4, -0.2) is 32.5 Å². The maximum atomic E-state index is 13.2. The van der Waals surface area contributed by atoms with Gasteiger partial charge >= 0.3 is 17.1 Å². The molecule has 22 heavy (non-hydrogen) atoms. The Morgan fingerprint density at radius 2 is 1.91 bits per heavy atom. The standard InChI is InChI=1S/C13H18F4O4S/c14-12(15,13(16,17)22(19)20)4-1-5-21-11(18)10-7-8-2-3-9(10)6-8/h8-10H,1-7H2,(H,19,20). The Balaban J connectivity index is 1.73. The van der Waals surface area contributed by atoms with Gasteiger partial charge in [0.05, 0.1) is 12.5 Å². The van der Waals surface area contributed by atoms with Gasteiger partial charge < -0.3 is 9.29 Å². The van der Waals surface area contributed by atoms with E-state index in [0.29, 0.717) is 11.8 Å². The lowest BCUT2D eigenvalue weighted by Gasteiger charge is -2.23. The number of halogens is 4. The first-order valence-corrected chi connectivity index (χ1v) is 8.29. The zero-order valence-electron chi connectivity index (χ0n) is 11.8. The SMILES string of the molecule is O=C(OCCCC(F)(F)C(F)(F)S(=O)O)C1CC2CCC1C2. The summed E-state index contributed by atoms with van der Waals surface area (Å²) in [5.74, 6) is -4.45. The lowest BCUT2D eigenvalue weighted by molar-refractivity contribution is -0.166. The molecule has 0 heterocycles. The van der Waals surface area contributed by atoms with E-state index in [1.54, 1.807) is 0 Å². The van der Waals surface area contributed by atoms with E-state index in [2.05, 4.69) is 0 Å². The first-order valence-electron chi connectivity index (χ1n) is 7.18. The van der Waals surface area contributed by atoms with Gasteiger partial charge in [-0.3, -0.25) is 4.79 Å². The Morgan fingerprint density at radius 1 is 1.23 bits per heavy atom. The second kappa shape index (κ2) is 6.43. The molecule has 2 fully saturated rings. The third kappa shape index (κ3) is 3.45. The molecule has 4 unspecified atom stereocenters. The van der Waals surface area contributed by atoms with Crippen molar-refractivity contribution in [2.24, 2.45) is 17.8 Å². The van der Waals surface area contributed by atoms with E-state index < -0.39 is 47.7 Å². The van der Waals surface area contributed by atoms with Gasteiger partial charge in [0.25, 0.3) is 0 Å². The smallest absolute Gasteiger partial charge is 0.406 e. The van der Waals surface area contributed by atoms with E-state index in [0.717, 1.165) is 25.7 Å². The minimum atomic E-state index is -5.01. The Hall–Kier alpha value is -0.700. The van der Waals surface area contributed by atoms with Gasteiger partial charge in [-0.2, -0.15) is 17.6 Å². The molecule has 0 spiro atoms. The van der Waals surface area contributed by atoms with Crippen LogP contribution < -0.4 is 0 Å². The van der Waals surface area contributed by atoms with Crippen LogP contribution in [0.15, 0.2) is 0 Å². The van der Waals surface area contributed by atoms with Crippen LogP contribution in [0, 0.1) is 17.8 Å². The first kappa shape index (κ1) is 17.7. The summed E-state index contributed by atoms with van der Waals surface area (Å²) in [5.41, 5.74) is 0. The molecule has 1 N–H and O–H groups in total. The van der Waals surface area contributed by atoms with Crippen molar-refractivity contribution in [3.63, 3.8) is 0 Å². The fraction of sp³-hybridized carbons (Fsp3) is 0.923. The molecule has 4 atom stereocenters. The van der Waals surface area contributed by atoms with Crippen molar-refractivity contribution in [3.05, 3.63) is 0 Å². The van der Waals surface area contributed by atoms with Gasteiger partial charge in [0.15, 0.2) is 0 Å². The van der Waals surface area contributed by atoms with Crippen LogP contribution in [0.3, 0.4) is 0 Å². The van der Waals surface area contributed by atoms with E-state index in [1.165, 1.54) is 0 Å². The van der Waals surface area contributed by atoms with Gasteiger partial charge in [-0.1, -0.05) is 6.42 Å². The molecule has 0 aromatic rings. The highest BCUT2D eigenvalue weighted by atomic mass is 32.2. The number of alkyl halides is 4. The number of fused-ring (bicyclic) bond motifs is 2. The maximum absolute atomic E-state index is 13.2. The molecule has 0 radical (unpaired) electrons. The summed E-state index contributed by atoms with van der Waals surface area (Å²) in [6, 6.07) is 0. The minimum absolute atomic E-state index is 0.203. The van der Waals surface area contributed by atoms with Crippen LogP contribution in [-0.2, 0) is 20.6 Å². The molecular formula is C13H18F4O4S. The summed E-state index contributed by atoms with van der Waals surface area (Å²) < 4.78 is 75.4. The number of hydrogen-bond donors (Lipinski definition) is 1. The van der Waals surface area contributed by atoms with Gasteiger partial charge in [-0.15, -0.1) is 0 Å². The highest BCUT2D eigenvalue weighted by Crippen LogP contribution is 2.48. The maximum Gasteiger partial charge on any atom is 0.406 e. The number of esters is 1. The number of hydrogen-bond acceptors (Lipinski definition) is 3. The zero-order valence-corrected chi connectivity index (χ0v) is 12.6. The minimum Gasteiger partial charge on any atom is -0.465 e. The van der Waals surface area contributed by atoms with Crippen LogP contribution in [0.2, 0.25) is 0 Å². The molecule has 0 saturated heterocycles. The zero-order chi connectivity index (χ0) is 16.5. The Kier molecular flexibility index (Phi) is 5.16. The van der Waals surface area contributed by atoms with Crippen LogP contribution in [0.1, 0.15) is 38.5 Å². The van der Waals surface area contributed by atoms with Crippen molar-refractivity contribution < 1.29 is 35.9 Å². The number of carbonyl (C=O) groups excluding carboxylic acids is 1. The monoisotopic (exact) mass is 346 g/mol. The third-order valence-electron chi connectivity index (χ3n) is 4.57. The molecule has 0 aromatic carbocycles. The summed E-state index contributed by atoms with van der Waals surface area (Å²) in [6.45, 7) is -0.392. The van der Waals surface area contributed by atoms with Crippen molar-refractivity contribution in [2.75, 3.05) is 6.61 Å². The molecule has 4 nitrogen and oxygen atoms in total. The lowest BCUT2D eigenvalue weighted by Crippen LogP contribution is -2.44. The van der Waals surface area contributed by atoms with Gasteiger partial charge in [-0.05, 0) is 37.5 Å². The molecule has 2 bridgehead atoms. The van der Waals surface area contributed by atoms with Crippen LogP contribution >= 0.6 is 0 Å². The molecule has 9 heteroatoms. The quantitative estimate of drug-likeness (QED) is 0.333. The summed E-state index contributed by atoms with van der Waals surface area (Å²) in [5, 5.41) is -5.01. The van der Waals surface area contributed by atoms with Crippen molar-refractivity contribution >= 4 is 17.0 Å². The molecular weight excluding hydrogens is 328 g/mol. The summed E-state index contributed by atoms with van der Waals surface area (Å²) in [4.78, 5) is 11.8. The van der Waals surface area contributed by atoms with Gasteiger partial charge in [0.1, 0.15) is 0 Å². The van der Waals surface area contributed by atoms with Crippen molar-refractivity contribution in [3.8, 4) is 0 Å². The molecule has 0 amide bonds. The highest BCUT2D eigenvalue weighted by Gasteiger charge is 2.60. The number of carbonyl (C=O) groups is 1. The number of rotatable bonds is 7. The molecule has 2 aliphatic carbocycles. The van der Waals surface area contributed by atoms with Gasteiger partial charge in [0, 0.05) is 6.42 Å².